The van der Waals surface area contributed by atoms with Crippen LogP contribution in [0.2, 0.25) is 0 Å². The first-order valence-electron chi connectivity index (χ1n) is 3.24. The first-order valence-corrected chi connectivity index (χ1v) is 3.24. The number of ether oxygens (including phenoxy) is 1. The second-order valence-corrected chi connectivity index (χ2v) is 2.33. The summed E-state index contributed by atoms with van der Waals surface area (Å²) in [6, 6.07) is -0.509. The first kappa shape index (κ1) is 7.50. The van der Waals surface area contributed by atoms with Crippen LogP contribution in [-0.2, 0) is 9.53 Å². The van der Waals surface area contributed by atoms with Gasteiger partial charge in [0.2, 0.25) is 0 Å². The first-order chi connectivity index (χ1) is 4.75. The van der Waals surface area contributed by atoms with Crippen LogP contribution < -0.4 is 5.32 Å². The van der Waals surface area contributed by atoms with Gasteiger partial charge in [-0.05, 0) is 13.0 Å². The molecule has 1 aliphatic heterocycles. The molecule has 4 nitrogen and oxygen atoms in total. The zero-order valence-corrected chi connectivity index (χ0v) is 5.83. The van der Waals surface area contributed by atoms with E-state index < -0.39 is 12.0 Å². The molecule has 0 radical (unpaired) electrons. The molecule has 0 amide bonds. The molecule has 1 rings (SSSR count). The van der Waals surface area contributed by atoms with Crippen LogP contribution in [0.3, 0.4) is 0 Å². The predicted molar refractivity (Wildman–Crippen MR) is 34.8 cm³/mol. The van der Waals surface area contributed by atoms with E-state index in [0.717, 1.165) is 13.0 Å². The van der Waals surface area contributed by atoms with Gasteiger partial charge in [-0.2, -0.15) is 0 Å². The predicted octanol–water partition coefficient (Wildman–Crippen LogP) is -0.552. The summed E-state index contributed by atoms with van der Waals surface area (Å²) in [5, 5.41) is 11.4. The molecule has 1 fully saturated rings. The normalized spacial score (nSPS) is 32.5. The Morgan fingerprint density at radius 3 is 2.90 bits per heavy atom. The maximum atomic E-state index is 10.4. The van der Waals surface area contributed by atoms with Crippen molar-refractivity contribution in [3.8, 4) is 0 Å². The van der Waals surface area contributed by atoms with Crippen LogP contribution in [0.25, 0.3) is 0 Å². The van der Waals surface area contributed by atoms with Gasteiger partial charge in [0.05, 0.1) is 6.10 Å². The van der Waals surface area contributed by atoms with E-state index in [1.807, 2.05) is 0 Å². The van der Waals surface area contributed by atoms with E-state index in [1.165, 1.54) is 7.11 Å². The minimum atomic E-state index is -0.829. The maximum absolute atomic E-state index is 10.4. The van der Waals surface area contributed by atoms with E-state index in [0.29, 0.717) is 0 Å². The second kappa shape index (κ2) is 2.98. The number of rotatable bonds is 2. The molecule has 0 spiro atoms. The number of hydrogen-bond donors (Lipinski definition) is 2. The third kappa shape index (κ3) is 1.27. The smallest absolute Gasteiger partial charge is 0.323 e. The molecule has 0 aromatic rings. The van der Waals surface area contributed by atoms with Crippen molar-refractivity contribution in [1.82, 2.24) is 5.32 Å². The average Bonchev–Trinajstić information content (AvgIpc) is 2.33. The molecule has 58 valence electrons. The number of aliphatic carboxylic acids is 1. The fraction of sp³-hybridized carbons (Fsp3) is 0.833. The molecular formula is C6H11NO3. The largest absolute Gasteiger partial charge is 0.480 e. The van der Waals surface area contributed by atoms with Crippen LogP contribution in [0.5, 0.6) is 0 Å². The van der Waals surface area contributed by atoms with Gasteiger partial charge >= 0.3 is 5.97 Å². The highest BCUT2D eigenvalue weighted by Gasteiger charge is 2.32. The van der Waals surface area contributed by atoms with E-state index in [4.69, 9.17) is 9.84 Å². The lowest BCUT2D eigenvalue weighted by Gasteiger charge is -2.12. The van der Waals surface area contributed by atoms with Crippen LogP contribution >= 0.6 is 0 Å². The minimum absolute atomic E-state index is 0.155. The monoisotopic (exact) mass is 145 g/mol. The number of carboxylic acid groups (broad SMARTS) is 1. The van der Waals surface area contributed by atoms with Gasteiger partial charge in [0.25, 0.3) is 0 Å². The molecule has 0 aromatic carbocycles. The molecule has 0 aliphatic carbocycles. The zero-order valence-electron chi connectivity index (χ0n) is 5.83. The van der Waals surface area contributed by atoms with Gasteiger partial charge in [0.1, 0.15) is 6.04 Å². The van der Waals surface area contributed by atoms with E-state index in [1.54, 1.807) is 0 Å². The van der Waals surface area contributed by atoms with Crippen LogP contribution in [0.1, 0.15) is 6.42 Å². The molecule has 0 bridgehead atoms. The standard InChI is InChI=1S/C6H11NO3/c1-10-4-2-3-7-5(4)6(8)9/h4-5,7H,2-3H2,1H3,(H,8,9)/t4?,5-/m0/s1. The summed E-state index contributed by atoms with van der Waals surface area (Å²) in [4.78, 5) is 10.4. The van der Waals surface area contributed by atoms with Crippen molar-refractivity contribution in [1.29, 1.82) is 0 Å². The van der Waals surface area contributed by atoms with E-state index in [2.05, 4.69) is 5.32 Å². The summed E-state index contributed by atoms with van der Waals surface area (Å²) in [7, 11) is 1.54. The Kier molecular flexibility index (Phi) is 2.24. The molecule has 1 saturated heterocycles. The van der Waals surface area contributed by atoms with Crippen LogP contribution in [0.15, 0.2) is 0 Å². The fourth-order valence-corrected chi connectivity index (χ4v) is 1.18. The van der Waals surface area contributed by atoms with Crippen molar-refractivity contribution in [3.05, 3.63) is 0 Å². The maximum Gasteiger partial charge on any atom is 0.323 e. The number of nitrogens with one attached hydrogen (secondary N) is 1. The fourth-order valence-electron chi connectivity index (χ4n) is 1.18. The molecule has 10 heavy (non-hydrogen) atoms. The molecule has 1 unspecified atom stereocenters. The third-order valence-corrected chi connectivity index (χ3v) is 1.73. The molecule has 0 aromatic heterocycles. The molecule has 0 saturated carbocycles. The van der Waals surface area contributed by atoms with E-state index in [9.17, 15) is 4.79 Å². The van der Waals surface area contributed by atoms with Crippen molar-refractivity contribution in [2.45, 2.75) is 18.6 Å². The van der Waals surface area contributed by atoms with Gasteiger partial charge in [-0.25, -0.2) is 0 Å². The van der Waals surface area contributed by atoms with Crippen LogP contribution in [-0.4, -0.2) is 36.9 Å². The Bertz CT molecular complexity index is 137. The van der Waals surface area contributed by atoms with Crippen molar-refractivity contribution in [2.24, 2.45) is 0 Å². The van der Waals surface area contributed by atoms with Gasteiger partial charge in [-0.15, -0.1) is 0 Å². The van der Waals surface area contributed by atoms with Gasteiger partial charge in [0, 0.05) is 7.11 Å². The highest BCUT2D eigenvalue weighted by molar-refractivity contribution is 5.74. The Hall–Kier alpha value is -0.610. The summed E-state index contributed by atoms with van der Waals surface area (Å²) in [6.45, 7) is 0.732. The second-order valence-electron chi connectivity index (χ2n) is 2.33. The summed E-state index contributed by atoms with van der Waals surface area (Å²) in [5.41, 5.74) is 0. The van der Waals surface area contributed by atoms with Gasteiger partial charge in [0.15, 0.2) is 0 Å². The molecule has 2 N–H and O–H groups in total. The van der Waals surface area contributed by atoms with Gasteiger partial charge in [-0.3, -0.25) is 4.79 Å². The lowest BCUT2D eigenvalue weighted by molar-refractivity contribution is -0.141. The number of hydrogen-bond acceptors (Lipinski definition) is 3. The number of carboxylic acids is 1. The summed E-state index contributed by atoms with van der Waals surface area (Å²) < 4.78 is 4.94. The molecule has 4 heteroatoms. The highest BCUT2D eigenvalue weighted by Crippen LogP contribution is 2.09. The number of methoxy groups -OCH3 is 1. The minimum Gasteiger partial charge on any atom is -0.480 e. The lowest BCUT2D eigenvalue weighted by Crippen LogP contribution is -2.39. The summed E-state index contributed by atoms with van der Waals surface area (Å²) in [6.07, 6.45) is 0.630. The molecule has 1 aliphatic rings. The Balaban J connectivity index is 2.50. The summed E-state index contributed by atoms with van der Waals surface area (Å²) in [5.74, 6) is -0.829. The third-order valence-electron chi connectivity index (χ3n) is 1.73. The zero-order chi connectivity index (χ0) is 7.56. The Morgan fingerprint density at radius 1 is 1.80 bits per heavy atom. The van der Waals surface area contributed by atoms with Crippen LogP contribution in [0.4, 0.5) is 0 Å². The SMILES string of the molecule is COC1CCN[C@@H]1C(=O)O. The topological polar surface area (TPSA) is 58.6 Å². The van der Waals surface area contributed by atoms with E-state index >= 15 is 0 Å². The average molecular weight is 145 g/mol. The highest BCUT2D eigenvalue weighted by atomic mass is 16.5. The van der Waals surface area contributed by atoms with Crippen molar-refractivity contribution < 1.29 is 14.6 Å². The van der Waals surface area contributed by atoms with Crippen molar-refractivity contribution in [3.63, 3.8) is 0 Å². The Morgan fingerprint density at radius 2 is 2.50 bits per heavy atom. The van der Waals surface area contributed by atoms with Crippen molar-refractivity contribution in [2.75, 3.05) is 13.7 Å². The quantitative estimate of drug-likeness (QED) is 0.547. The molecule has 2 atom stereocenters. The van der Waals surface area contributed by atoms with Crippen LogP contribution in [0, 0.1) is 0 Å². The van der Waals surface area contributed by atoms with Gasteiger partial charge in [-0.1, -0.05) is 0 Å². The van der Waals surface area contributed by atoms with Gasteiger partial charge < -0.3 is 15.2 Å². The Labute approximate surface area is 59.2 Å². The molecular weight excluding hydrogens is 134 g/mol. The van der Waals surface area contributed by atoms with Crippen molar-refractivity contribution >= 4 is 5.97 Å². The molecule has 1 heterocycles. The summed E-state index contributed by atoms with van der Waals surface area (Å²) >= 11 is 0. The lowest BCUT2D eigenvalue weighted by atomic mass is 10.2. The number of carbonyl (C=O) groups is 1. The van der Waals surface area contributed by atoms with E-state index in [-0.39, 0.29) is 6.10 Å².